The van der Waals surface area contributed by atoms with Crippen molar-refractivity contribution in [3.63, 3.8) is 0 Å². The lowest BCUT2D eigenvalue weighted by Crippen LogP contribution is -2.00. The van der Waals surface area contributed by atoms with Crippen molar-refractivity contribution in [2.75, 3.05) is 5.32 Å². The lowest BCUT2D eigenvalue weighted by atomic mass is 10.2. The number of hydrogen-bond acceptors (Lipinski definition) is 5. The lowest BCUT2D eigenvalue weighted by Gasteiger charge is -2.10. The third-order valence-electron chi connectivity index (χ3n) is 4.37. The molecule has 0 aliphatic heterocycles. The van der Waals surface area contributed by atoms with Gasteiger partial charge in [0.05, 0.1) is 11.9 Å². The van der Waals surface area contributed by atoms with Crippen molar-refractivity contribution < 1.29 is 18.3 Å². The van der Waals surface area contributed by atoms with Crippen LogP contribution in [0.25, 0.3) is 0 Å². The number of aromatic nitrogens is 2. The van der Waals surface area contributed by atoms with Gasteiger partial charge in [-0.25, -0.2) is 13.8 Å². The molecule has 4 rings (SSSR count). The first-order chi connectivity index (χ1) is 15.1. The van der Waals surface area contributed by atoms with Gasteiger partial charge in [-0.1, -0.05) is 12.1 Å². The molecule has 0 atom stereocenters. The van der Waals surface area contributed by atoms with Crippen molar-refractivity contribution in [3.8, 4) is 17.4 Å². The molecule has 2 aromatic heterocycles. The molecule has 0 saturated heterocycles. The first-order valence-electron chi connectivity index (χ1n) is 9.58. The minimum Gasteiger partial charge on any atom is -0.489 e. The molecule has 0 aliphatic rings. The zero-order valence-electron chi connectivity index (χ0n) is 16.5. The quantitative estimate of drug-likeness (QED) is 0.395. The first kappa shape index (κ1) is 20.3. The highest BCUT2D eigenvalue weighted by Crippen LogP contribution is 2.23. The average molecular weight is 419 g/mol. The molecule has 4 aromatic rings. The second kappa shape index (κ2) is 9.67. The summed E-state index contributed by atoms with van der Waals surface area (Å²) >= 11 is 0. The smallest absolute Gasteiger partial charge is 0.219 e. The van der Waals surface area contributed by atoms with E-state index in [1.807, 2.05) is 36.4 Å². The van der Waals surface area contributed by atoms with Crippen molar-refractivity contribution >= 4 is 5.69 Å². The summed E-state index contributed by atoms with van der Waals surface area (Å²) in [4.78, 5) is 8.14. The Labute approximate surface area is 178 Å². The Balaban J connectivity index is 1.28. The van der Waals surface area contributed by atoms with Gasteiger partial charge in [0.15, 0.2) is 0 Å². The summed E-state index contributed by atoms with van der Waals surface area (Å²) in [7, 11) is 0. The Kier molecular flexibility index (Phi) is 6.32. The van der Waals surface area contributed by atoms with Gasteiger partial charge in [0, 0.05) is 43.2 Å². The number of anilines is 1. The molecule has 0 bridgehead atoms. The van der Waals surface area contributed by atoms with Gasteiger partial charge in [-0.05, 0) is 41.5 Å². The molecule has 0 radical (unpaired) electrons. The fraction of sp³-hybridized carbons (Fsp3) is 0.0833. The van der Waals surface area contributed by atoms with Crippen LogP contribution in [0.2, 0.25) is 0 Å². The van der Waals surface area contributed by atoms with Crippen LogP contribution in [0.4, 0.5) is 14.5 Å². The van der Waals surface area contributed by atoms with Crippen LogP contribution in [0, 0.1) is 11.6 Å². The number of hydrogen-bond donors (Lipinski definition) is 1. The fourth-order valence-corrected chi connectivity index (χ4v) is 2.81. The lowest BCUT2D eigenvalue weighted by molar-refractivity contribution is 0.306. The number of rotatable bonds is 8. The highest BCUT2D eigenvalue weighted by molar-refractivity contribution is 5.43. The summed E-state index contributed by atoms with van der Waals surface area (Å²) in [5.41, 5.74) is 2.92. The van der Waals surface area contributed by atoms with Crippen LogP contribution in [0.3, 0.4) is 0 Å². The molecule has 5 nitrogen and oxygen atoms in total. The van der Waals surface area contributed by atoms with Crippen molar-refractivity contribution in [3.05, 3.63) is 108 Å². The van der Waals surface area contributed by atoms with Gasteiger partial charge in [0.1, 0.15) is 29.7 Å². The summed E-state index contributed by atoms with van der Waals surface area (Å²) in [6.07, 6.45) is 5.07. The largest absolute Gasteiger partial charge is 0.489 e. The first-order valence-corrected chi connectivity index (χ1v) is 9.58. The predicted molar refractivity (Wildman–Crippen MR) is 113 cm³/mol. The Hall–Kier alpha value is -4.00. The Morgan fingerprint density at radius 2 is 1.52 bits per heavy atom. The number of nitrogens with one attached hydrogen (secondary N) is 1. The Morgan fingerprint density at radius 1 is 0.774 bits per heavy atom. The fourth-order valence-electron chi connectivity index (χ4n) is 2.81. The molecule has 156 valence electrons. The monoisotopic (exact) mass is 419 g/mol. The van der Waals surface area contributed by atoms with Crippen LogP contribution in [0.1, 0.15) is 11.1 Å². The minimum atomic E-state index is -0.706. The molecule has 2 heterocycles. The maximum Gasteiger partial charge on any atom is 0.219 e. The predicted octanol–water partition coefficient (Wildman–Crippen LogP) is 5.74. The molecule has 0 spiro atoms. The summed E-state index contributed by atoms with van der Waals surface area (Å²) in [6, 6.07) is 18.0. The van der Waals surface area contributed by atoms with Gasteiger partial charge >= 0.3 is 0 Å². The molecule has 1 N–H and O–H groups in total. The molecule has 2 aromatic carbocycles. The molecule has 0 unspecified atom stereocenters. The van der Waals surface area contributed by atoms with Gasteiger partial charge < -0.3 is 14.8 Å². The summed E-state index contributed by atoms with van der Waals surface area (Å²) in [5.74, 6) is -0.329. The van der Waals surface area contributed by atoms with Crippen LogP contribution < -0.4 is 14.8 Å². The zero-order valence-corrected chi connectivity index (χ0v) is 16.5. The number of pyridine rings is 2. The van der Waals surface area contributed by atoms with Crippen LogP contribution in [0.15, 0.2) is 85.3 Å². The zero-order chi connectivity index (χ0) is 21.5. The molecule has 31 heavy (non-hydrogen) atoms. The topological polar surface area (TPSA) is 56.3 Å². The molecule has 0 aliphatic carbocycles. The number of halogens is 2. The number of ether oxygens (including phenoxy) is 2. The maximum atomic E-state index is 13.2. The SMILES string of the molecule is Fc1cc(F)cc(Oc2ccc(NCc3ccc(OCc4ccncc4)cc3)cn2)c1. The summed E-state index contributed by atoms with van der Waals surface area (Å²) in [5, 5.41) is 3.26. The second-order valence-corrected chi connectivity index (χ2v) is 6.73. The van der Waals surface area contributed by atoms with Crippen LogP contribution in [-0.4, -0.2) is 9.97 Å². The third kappa shape index (κ3) is 5.99. The van der Waals surface area contributed by atoms with Crippen LogP contribution in [-0.2, 0) is 13.2 Å². The van der Waals surface area contributed by atoms with Gasteiger partial charge in [-0.2, -0.15) is 0 Å². The summed E-state index contributed by atoms with van der Waals surface area (Å²) < 4.78 is 37.6. The Bertz CT molecular complexity index is 1100. The van der Waals surface area contributed by atoms with Crippen LogP contribution in [0.5, 0.6) is 17.4 Å². The van der Waals surface area contributed by atoms with E-state index >= 15 is 0 Å². The molecular formula is C24H19F2N3O2. The van der Waals surface area contributed by atoms with Gasteiger partial charge in [-0.15, -0.1) is 0 Å². The van der Waals surface area contributed by atoms with Gasteiger partial charge in [0.25, 0.3) is 0 Å². The highest BCUT2D eigenvalue weighted by atomic mass is 19.1. The molecular weight excluding hydrogens is 400 g/mol. The van der Waals surface area contributed by atoms with Crippen LogP contribution >= 0.6 is 0 Å². The number of nitrogens with zero attached hydrogens (tertiary/aromatic N) is 2. The summed E-state index contributed by atoms with van der Waals surface area (Å²) in [6.45, 7) is 1.09. The number of benzene rings is 2. The highest BCUT2D eigenvalue weighted by Gasteiger charge is 2.04. The van der Waals surface area contributed by atoms with Crippen molar-refractivity contribution in [2.45, 2.75) is 13.2 Å². The van der Waals surface area contributed by atoms with Gasteiger partial charge in [0.2, 0.25) is 5.88 Å². The van der Waals surface area contributed by atoms with E-state index in [-0.39, 0.29) is 11.6 Å². The standard InChI is InChI=1S/C24H19F2N3O2/c25-19-11-20(26)13-23(12-19)31-24-6-3-21(15-29-24)28-14-17-1-4-22(5-2-17)30-16-18-7-9-27-10-8-18/h1-13,15,28H,14,16H2. The van der Waals surface area contributed by atoms with E-state index in [0.717, 1.165) is 40.8 Å². The Morgan fingerprint density at radius 3 is 2.19 bits per heavy atom. The van der Waals surface area contributed by atoms with E-state index in [1.54, 1.807) is 30.7 Å². The van der Waals surface area contributed by atoms with E-state index in [2.05, 4.69) is 15.3 Å². The van der Waals surface area contributed by atoms with Crippen molar-refractivity contribution in [1.82, 2.24) is 9.97 Å². The second-order valence-electron chi connectivity index (χ2n) is 6.73. The van der Waals surface area contributed by atoms with E-state index < -0.39 is 11.6 Å². The van der Waals surface area contributed by atoms with Gasteiger partial charge in [-0.3, -0.25) is 4.98 Å². The van der Waals surface area contributed by atoms with E-state index in [1.165, 1.54) is 0 Å². The molecule has 0 amide bonds. The van der Waals surface area contributed by atoms with E-state index in [9.17, 15) is 8.78 Å². The van der Waals surface area contributed by atoms with E-state index in [0.29, 0.717) is 13.2 Å². The molecule has 0 fully saturated rings. The third-order valence-corrected chi connectivity index (χ3v) is 4.37. The van der Waals surface area contributed by atoms with Crippen molar-refractivity contribution in [1.29, 1.82) is 0 Å². The normalized spacial score (nSPS) is 10.5. The van der Waals surface area contributed by atoms with E-state index in [4.69, 9.17) is 9.47 Å². The molecule has 7 heteroatoms. The average Bonchev–Trinajstić information content (AvgIpc) is 2.78. The molecule has 0 saturated carbocycles. The van der Waals surface area contributed by atoms with Crippen molar-refractivity contribution in [2.24, 2.45) is 0 Å². The minimum absolute atomic E-state index is 0.0527. The maximum absolute atomic E-state index is 13.2.